The van der Waals surface area contributed by atoms with Gasteiger partial charge in [-0.1, -0.05) is 11.6 Å². The van der Waals surface area contributed by atoms with Gasteiger partial charge in [0.2, 0.25) is 0 Å². The summed E-state index contributed by atoms with van der Waals surface area (Å²) in [6.45, 7) is 0.321. The van der Waals surface area contributed by atoms with Crippen LogP contribution in [0.4, 0.5) is 4.39 Å². The van der Waals surface area contributed by atoms with Gasteiger partial charge in [0.1, 0.15) is 29.6 Å². The predicted molar refractivity (Wildman–Crippen MR) is 105 cm³/mol. The molecule has 3 aromatic heterocycles. The van der Waals surface area contributed by atoms with E-state index < -0.39 is 0 Å². The van der Waals surface area contributed by atoms with Crippen LogP contribution in [-0.2, 0) is 13.0 Å². The molecule has 0 radical (unpaired) electrons. The number of benzene rings is 1. The molecular formula is C21H17ClFN3O2. The van der Waals surface area contributed by atoms with Crippen molar-refractivity contribution in [3.05, 3.63) is 82.6 Å². The SMILES string of the molecule is COc1cnc2[nH]cc(Cc3c(F)ccc(OCc4ccncc4)c3Cl)c2c1. The van der Waals surface area contributed by atoms with Crippen molar-refractivity contribution in [1.82, 2.24) is 15.0 Å². The minimum atomic E-state index is -0.383. The van der Waals surface area contributed by atoms with Crippen LogP contribution < -0.4 is 9.47 Å². The van der Waals surface area contributed by atoms with Gasteiger partial charge in [0.25, 0.3) is 0 Å². The first kappa shape index (κ1) is 18.3. The van der Waals surface area contributed by atoms with Gasteiger partial charge in [-0.25, -0.2) is 9.37 Å². The first-order valence-electron chi connectivity index (χ1n) is 8.64. The third-order valence-corrected chi connectivity index (χ3v) is 4.90. The lowest BCUT2D eigenvalue weighted by Crippen LogP contribution is -2.00. The summed E-state index contributed by atoms with van der Waals surface area (Å²) in [5.41, 5.74) is 2.90. The lowest BCUT2D eigenvalue weighted by Gasteiger charge is -2.12. The molecule has 0 aliphatic carbocycles. The Kier molecular flexibility index (Phi) is 5.12. The van der Waals surface area contributed by atoms with Crippen molar-refractivity contribution in [3.63, 3.8) is 0 Å². The summed E-state index contributed by atoms with van der Waals surface area (Å²) in [6.07, 6.45) is 7.11. The molecule has 0 saturated carbocycles. The third-order valence-electron chi connectivity index (χ3n) is 4.49. The summed E-state index contributed by atoms with van der Waals surface area (Å²) < 4.78 is 25.6. The standard InChI is InChI=1S/C21H17ClFN3O2/c1-27-15-9-16-14(10-25-21(16)26-11-15)8-17-18(23)2-3-19(20(17)22)28-12-13-4-6-24-7-5-13/h2-7,9-11H,8,12H2,1H3,(H,25,26). The van der Waals surface area contributed by atoms with Crippen LogP contribution in [0.25, 0.3) is 11.0 Å². The smallest absolute Gasteiger partial charge is 0.138 e. The van der Waals surface area contributed by atoms with Crippen LogP contribution in [-0.4, -0.2) is 22.1 Å². The highest BCUT2D eigenvalue weighted by molar-refractivity contribution is 6.32. The number of nitrogens with zero attached hydrogens (tertiary/aromatic N) is 2. The van der Waals surface area contributed by atoms with E-state index in [2.05, 4.69) is 15.0 Å². The Morgan fingerprint density at radius 3 is 2.79 bits per heavy atom. The molecule has 0 aliphatic heterocycles. The Morgan fingerprint density at radius 1 is 1.18 bits per heavy atom. The molecule has 28 heavy (non-hydrogen) atoms. The molecule has 0 atom stereocenters. The van der Waals surface area contributed by atoms with Crippen LogP contribution in [0.3, 0.4) is 0 Å². The van der Waals surface area contributed by atoms with Crippen molar-refractivity contribution in [1.29, 1.82) is 0 Å². The fourth-order valence-electron chi connectivity index (χ4n) is 2.98. The van der Waals surface area contributed by atoms with Crippen LogP contribution in [0, 0.1) is 5.82 Å². The molecule has 0 saturated heterocycles. The molecule has 0 aliphatic rings. The Hall–Kier alpha value is -3.12. The van der Waals surface area contributed by atoms with Gasteiger partial charge in [0.15, 0.2) is 0 Å². The number of fused-ring (bicyclic) bond motifs is 1. The van der Waals surface area contributed by atoms with Gasteiger partial charge < -0.3 is 14.5 Å². The molecule has 0 bridgehead atoms. The number of aromatic amines is 1. The van der Waals surface area contributed by atoms with Crippen LogP contribution in [0.5, 0.6) is 11.5 Å². The maximum absolute atomic E-state index is 14.5. The number of nitrogens with one attached hydrogen (secondary N) is 1. The number of hydrogen-bond donors (Lipinski definition) is 1. The summed E-state index contributed by atoms with van der Waals surface area (Å²) in [6, 6.07) is 8.48. The largest absolute Gasteiger partial charge is 0.495 e. The van der Waals surface area contributed by atoms with Gasteiger partial charge in [-0.2, -0.15) is 0 Å². The van der Waals surface area contributed by atoms with Gasteiger partial charge in [-0.15, -0.1) is 0 Å². The molecule has 142 valence electrons. The lowest BCUT2D eigenvalue weighted by atomic mass is 10.0. The molecule has 0 amide bonds. The minimum Gasteiger partial charge on any atom is -0.495 e. The summed E-state index contributed by atoms with van der Waals surface area (Å²) in [5.74, 6) is 0.686. The van der Waals surface area contributed by atoms with E-state index in [0.29, 0.717) is 35.7 Å². The van der Waals surface area contributed by atoms with E-state index >= 15 is 0 Å². The van der Waals surface area contributed by atoms with E-state index in [4.69, 9.17) is 21.1 Å². The Morgan fingerprint density at radius 2 is 2.00 bits per heavy atom. The Labute approximate surface area is 166 Å². The monoisotopic (exact) mass is 397 g/mol. The molecular weight excluding hydrogens is 381 g/mol. The first-order valence-corrected chi connectivity index (χ1v) is 9.02. The van der Waals surface area contributed by atoms with E-state index in [1.165, 1.54) is 6.07 Å². The minimum absolute atomic E-state index is 0.263. The summed E-state index contributed by atoms with van der Waals surface area (Å²) in [4.78, 5) is 11.4. The van der Waals surface area contributed by atoms with E-state index in [0.717, 1.165) is 16.5 Å². The number of H-pyrrole nitrogens is 1. The maximum Gasteiger partial charge on any atom is 0.138 e. The molecule has 4 aromatic rings. The Bertz CT molecular complexity index is 1120. The molecule has 0 unspecified atom stereocenters. The third kappa shape index (κ3) is 3.64. The fraction of sp³-hybridized carbons (Fsp3) is 0.143. The second-order valence-electron chi connectivity index (χ2n) is 6.24. The van der Waals surface area contributed by atoms with E-state index in [9.17, 15) is 4.39 Å². The average Bonchev–Trinajstić information content (AvgIpc) is 3.13. The van der Waals surface area contributed by atoms with Gasteiger partial charge in [-0.3, -0.25) is 4.98 Å². The normalized spacial score (nSPS) is 11.0. The molecule has 0 fully saturated rings. The average molecular weight is 398 g/mol. The van der Waals surface area contributed by atoms with E-state index in [1.807, 2.05) is 18.2 Å². The highest BCUT2D eigenvalue weighted by atomic mass is 35.5. The maximum atomic E-state index is 14.5. The van der Waals surface area contributed by atoms with Crippen molar-refractivity contribution < 1.29 is 13.9 Å². The van der Waals surface area contributed by atoms with Crippen LogP contribution in [0.2, 0.25) is 5.02 Å². The van der Waals surface area contributed by atoms with Crippen molar-refractivity contribution in [2.75, 3.05) is 7.11 Å². The quantitative estimate of drug-likeness (QED) is 0.501. The molecule has 1 aromatic carbocycles. The zero-order valence-electron chi connectivity index (χ0n) is 15.1. The number of methoxy groups -OCH3 is 1. The first-order chi connectivity index (χ1) is 13.7. The number of aromatic nitrogens is 3. The van der Waals surface area contributed by atoms with E-state index in [1.54, 1.807) is 38.0 Å². The topological polar surface area (TPSA) is 60.0 Å². The lowest BCUT2D eigenvalue weighted by molar-refractivity contribution is 0.305. The molecule has 1 N–H and O–H groups in total. The highest BCUT2D eigenvalue weighted by Crippen LogP contribution is 2.34. The van der Waals surface area contributed by atoms with Crippen LogP contribution in [0.15, 0.2) is 55.1 Å². The molecule has 4 rings (SSSR count). The van der Waals surface area contributed by atoms with Crippen molar-refractivity contribution in [2.45, 2.75) is 13.0 Å². The van der Waals surface area contributed by atoms with Crippen molar-refractivity contribution >= 4 is 22.6 Å². The molecule has 7 heteroatoms. The summed E-state index contributed by atoms with van der Waals surface area (Å²) >= 11 is 6.48. The van der Waals surface area contributed by atoms with Crippen LogP contribution in [0.1, 0.15) is 16.7 Å². The van der Waals surface area contributed by atoms with Crippen molar-refractivity contribution in [2.24, 2.45) is 0 Å². The molecule has 3 heterocycles. The van der Waals surface area contributed by atoms with Crippen LogP contribution >= 0.6 is 11.6 Å². The highest BCUT2D eigenvalue weighted by Gasteiger charge is 2.16. The second kappa shape index (κ2) is 7.86. The molecule has 5 nitrogen and oxygen atoms in total. The zero-order chi connectivity index (χ0) is 19.5. The predicted octanol–water partition coefficient (Wildman–Crippen LogP) is 4.93. The summed E-state index contributed by atoms with van der Waals surface area (Å²) in [7, 11) is 1.58. The molecule has 0 spiro atoms. The van der Waals surface area contributed by atoms with Gasteiger partial charge in [-0.05, 0) is 41.5 Å². The van der Waals surface area contributed by atoms with Gasteiger partial charge in [0, 0.05) is 36.0 Å². The Balaban J connectivity index is 1.63. The summed E-state index contributed by atoms with van der Waals surface area (Å²) in [5, 5.41) is 1.12. The number of pyridine rings is 2. The number of hydrogen-bond acceptors (Lipinski definition) is 4. The van der Waals surface area contributed by atoms with Crippen molar-refractivity contribution in [3.8, 4) is 11.5 Å². The van der Waals surface area contributed by atoms with E-state index in [-0.39, 0.29) is 10.8 Å². The fourth-order valence-corrected chi connectivity index (χ4v) is 3.25. The zero-order valence-corrected chi connectivity index (χ0v) is 15.8. The number of halogens is 2. The van der Waals surface area contributed by atoms with Gasteiger partial charge >= 0.3 is 0 Å². The number of rotatable bonds is 6. The number of ether oxygens (including phenoxy) is 2. The van der Waals surface area contributed by atoms with Gasteiger partial charge in [0.05, 0.1) is 18.3 Å². The second-order valence-corrected chi connectivity index (χ2v) is 6.62.